The van der Waals surface area contributed by atoms with Gasteiger partial charge < -0.3 is 0 Å². The van der Waals surface area contributed by atoms with E-state index in [1.807, 2.05) is 0 Å². The number of unbranched alkanes of at least 4 members (excludes halogenated alkanes) is 2. The quantitative estimate of drug-likeness (QED) is 0.480. The van der Waals surface area contributed by atoms with Crippen molar-refractivity contribution < 1.29 is 0 Å². The van der Waals surface area contributed by atoms with Crippen molar-refractivity contribution in [1.29, 1.82) is 0 Å². The van der Waals surface area contributed by atoms with E-state index < -0.39 is 0 Å². The van der Waals surface area contributed by atoms with Crippen molar-refractivity contribution in [3.63, 3.8) is 0 Å². The van der Waals surface area contributed by atoms with Crippen LogP contribution in [0.1, 0.15) is 25.7 Å². The maximum atomic E-state index is 5.32. The second-order valence-electron chi connectivity index (χ2n) is 2.17. The molecular formula is C8H16Br2Cl2. The van der Waals surface area contributed by atoms with Crippen molar-refractivity contribution in [1.82, 2.24) is 0 Å². The zero-order valence-corrected chi connectivity index (χ0v) is 11.9. The first-order chi connectivity index (χ1) is 5.83. The van der Waals surface area contributed by atoms with Crippen LogP contribution < -0.4 is 0 Å². The minimum absolute atomic E-state index is 0.743. The van der Waals surface area contributed by atoms with Gasteiger partial charge in [-0.25, -0.2) is 0 Å². The lowest BCUT2D eigenvalue weighted by Gasteiger charge is -1.83. The summed E-state index contributed by atoms with van der Waals surface area (Å²) in [4.78, 5) is 0. The number of alkyl halides is 4. The Kier molecular flexibility index (Phi) is 24.4. The molecule has 76 valence electrons. The molecule has 0 amide bonds. The zero-order chi connectivity index (χ0) is 9.66. The SMILES string of the molecule is BrCCCCBr.ClCCCCCl. The average molecular weight is 343 g/mol. The Morgan fingerprint density at radius 1 is 0.667 bits per heavy atom. The summed E-state index contributed by atoms with van der Waals surface area (Å²) in [7, 11) is 0. The lowest BCUT2D eigenvalue weighted by molar-refractivity contribution is 0.899. The topological polar surface area (TPSA) is 0 Å². The maximum absolute atomic E-state index is 5.32. The summed E-state index contributed by atoms with van der Waals surface area (Å²) in [6.45, 7) is 0. The van der Waals surface area contributed by atoms with E-state index in [4.69, 9.17) is 23.2 Å². The molecule has 0 aliphatic rings. The van der Waals surface area contributed by atoms with Gasteiger partial charge in [-0.05, 0) is 25.7 Å². The molecule has 0 bridgehead atoms. The van der Waals surface area contributed by atoms with Crippen molar-refractivity contribution in [3.8, 4) is 0 Å². The van der Waals surface area contributed by atoms with Crippen LogP contribution in [-0.4, -0.2) is 22.4 Å². The molecule has 0 aliphatic carbocycles. The van der Waals surface area contributed by atoms with E-state index in [1.165, 1.54) is 12.8 Å². The first-order valence-corrected chi connectivity index (χ1v) is 7.38. The molecule has 0 atom stereocenters. The largest absolute Gasteiger partial charge is 0.127 e. The molecule has 0 aliphatic heterocycles. The first-order valence-electron chi connectivity index (χ1n) is 4.07. The fourth-order valence-electron chi connectivity index (χ4n) is 0.378. The lowest BCUT2D eigenvalue weighted by Crippen LogP contribution is -1.74. The molecule has 12 heavy (non-hydrogen) atoms. The van der Waals surface area contributed by atoms with Crippen LogP contribution in [0.5, 0.6) is 0 Å². The summed E-state index contributed by atoms with van der Waals surface area (Å²) in [5.74, 6) is 1.49. The summed E-state index contributed by atoms with van der Waals surface area (Å²) >= 11 is 17.3. The standard InChI is InChI=1S/C4H8Br2.C4H8Cl2/c2*5-3-1-2-4-6/h2*1-4H2. The Balaban J connectivity index is 0. The van der Waals surface area contributed by atoms with Crippen LogP contribution in [0.2, 0.25) is 0 Å². The van der Waals surface area contributed by atoms with Crippen LogP contribution in [0, 0.1) is 0 Å². The van der Waals surface area contributed by atoms with Crippen LogP contribution in [0.4, 0.5) is 0 Å². The van der Waals surface area contributed by atoms with Gasteiger partial charge in [0, 0.05) is 22.4 Å². The van der Waals surface area contributed by atoms with Crippen LogP contribution in [-0.2, 0) is 0 Å². The summed E-state index contributed by atoms with van der Waals surface area (Å²) in [5.41, 5.74) is 0. The second kappa shape index (κ2) is 18.3. The van der Waals surface area contributed by atoms with Gasteiger partial charge in [0.25, 0.3) is 0 Å². The van der Waals surface area contributed by atoms with Gasteiger partial charge in [0.05, 0.1) is 0 Å². The molecule has 0 saturated heterocycles. The van der Waals surface area contributed by atoms with Gasteiger partial charge in [0.2, 0.25) is 0 Å². The van der Waals surface area contributed by atoms with Gasteiger partial charge in [0.15, 0.2) is 0 Å². The normalized spacial score (nSPS) is 9.00. The van der Waals surface area contributed by atoms with E-state index in [0.717, 1.165) is 35.3 Å². The van der Waals surface area contributed by atoms with Crippen LogP contribution in [0.25, 0.3) is 0 Å². The van der Waals surface area contributed by atoms with Crippen molar-refractivity contribution in [2.45, 2.75) is 25.7 Å². The summed E-state index contributed by atoms with van der Waals surface area (Å²) in [6.07, 6.45) is 4.66. The fourth-order valence-corrected chi connectivity index (χ4v) is 1.55. The summed E-state index contributed by atoms with van der Waals surface area (Å²) < 4.78 is 0. The molecule has 0 heterocycles. The lowest BCUT2D eigenvalue weighted by atomic mass is 10.4. The number of hydrogen-bond acceptors (Lipinski definition) is 0. The molecule has 0 unspecified atom stereocenters. The molecule has 0 aromatic rings. The molecule has 0 fully saturated rings. The number of hydrogen-bond donors (Lipinski definition) is 0. The predicted molar refractivity (Wildman–Crippen MR) is 67.5 cm³/mol. The predicted octanol–water partition coefficient (Wildman–Crippen LogP) is 4.80. The molecular weight excluding hydrogens is 327 g/mol. The second-order valence-corrected chi connectivity index (χ2v) is 4.51. The number of rotatable bonds is 6. The minimum atomic E-state index is 0.743. The Labute approximate surface area is 103 Å². The molecule has 0 rings (SSSR count). The van der Waals surface area contributed by atoms with Gasteiger partial charge in [-0.1, -0.05) is 31.9 Å². The third-order valence-corrected chi connectivity index (χ3v) is 2.69. The van der Waals surface area contributed by atoms with E-state index in [9.17, 15) is 0 Å². The highest BCUT2D eigenvalue weighted by Gasteiger charge is 1.78. The van der Waals surface area contributed by atoms with Crippen molar-refractivity contribution in [3.05, 3.63) is 0 Å². The molecule has 0 N–H and O–H groups in total. The number of halogens is 4. The molecule has 0 aromatic carbocycles. The Bertz CT molecular complexity index is 47.0. The van der Waals surface area contributed by atoms with E-state index in [-0.39, 0.29) is 0 Å². The first kappa shape index (κ1) is 16.0. The van der Waals surface area contributed by atoms with Gasteiger partial charge in [-0.2, -0.15) is 0 Å². The summed E-state index contributed by atoms with van der Waals surface area (Å²) in [6, 6.07) is 0. The van der Waals surface area contributed by atoms with Crippen molar-refractivity contribution in [2.24, 2.45) is 0 Å². The van der Waals surface area contributed by atoms with Crippen molar-refractivity contribution in [2.75, 3.05) is 22.4 Å². The zero-order valence-electron chi connectivity index (χ0n) is 7.17. The minimum Gasteiger partial charge on any atom is -0.127 e. The summed E-state index contributed by atoms with van der Waals surface area (Å²) in [5, 5.41) is 2.28. The highest BCUT2D eigenvalue weighted by molar-refractivity contribution is 9.09. The van der Waals surface area contributed by atoms with Gasteiger partial charge in [0.1, 0.15) is 0 Å². The van der Waals surface area contributed by atoms with Gasteiger partial charge in [-0.3, -0.25) is 0 Å². The Morgan fingerprint density at radius 2 is 1.00 bits per heavy atom. The Morgan fingerprint density at radius 3 is 1.17 bits per heavy atom. The fraction of sp³-hybridized carbons (Fsp3) is 1.00. The maximum Gasteiger partial charge on any atom is 0.0223 e. The van der Waals surface area contributed by atoms with Crippen molar-refractivity contribution >= 4 is 55.1 Å². The van der Waals surface area contributed by atoms with Gasteiger partial charge >= 0.3 is 0 Å². The molecule has 0 saturated carbocycles. The monoisotopic (exact) mass is 340 g/mol. The molecule has 0 nitrogen and oxygen atoms in total. The van der Waals surface area contributed by atoms with Crippen LogP contribution in [0.15, 0.2) is 0 Å². The molecule has 0 radical (unpaired) electrons. The molecule has 0 spiro atoms. The van der Waals surface area contributed by atoms with E-state index in [2.05, 4.69) is 31.9 Å². The van der Waals surface area contributed by atoms with Crippen LogP contribution >= 0.6 is 55.1 Å². The average Bonchev–Trinajstić information content (AvgIpc) is 2.12. The Hall–Kier alpha value is 1.54. The molecule has 0 aromatic heterocycles. The third kappa shape index (κ3) is 22.5. The third-order valence-electron chi connectivity index (χ3n) is 1.03. The molecule has 4 heteroatoms. The van der Waals surface area contributed by atoms with E-state index >= 15 is 0 Å². The van der Waals surface area contributed by atoms with Gasteiger partial charge in [-0.15, -0.1) is 23.2 Å². The highest BCUT2D eigenvalue weighted by atomic mass is 79.9. The van der Waals surface area contributed by atoms with E-state index in [0.29, 0.717) is 0 Å². The van der Waals surface area contributed by atoms with E-state index in [1.54, 1.807) is 0 Å². The van der Waals surface area contributed by atoms with Crippen LogP contribution in [0.3, 0.4) is 0 Å². The highest BCUT2D eigenvalue weighted by Crippen LogP contribution is 1.95. The smallest absolute Gasteiger partial charge is 0.0223 e.